The molecule has 2 aliphatic rings. The van der Waals surface area contributed by atoms with E-state index in [-0.39, 0.29) is 17.8 Å². The van der Waals surface area contributed by atoms with Crippen molar-refractivity contribution < 1.29 is 13.9 Å². The molecule has 1 saturated carbocycles. The number of ether oxygens (including phenoxy) is 1. The second-order valence-corrected chi connectivity index (χ2v) is 7.93. The Balaban J connectivity index is 1.21. The van der Waals surface area contributed by atoms with Crippen molar-refractivity contribution in [3.63, 3.8) is 0 Å². The number of carbonyl (C=O) groups excluding carboxylic acids is 1. The molecule has 148 valence electrons. The fourth-order valence-electron chi connectivity index (χ4n) is 3.55. The maximum atomic E-state index is 13.0. The minimum absolute atomic E-state index is 0.0225. The Kier molecular flexibility index (Phi) is 5.91. The van der Waals surface area contributed by atoms with Crippen molar-refractivity contribution in [1.29, 1.82) is 0 Å². The van der Waals surface area contributed by atoms with Crippen LogP contribution in [-0.2, 0) is 6.54 Å². The summed E-state index contributed by atoms with van der Waals surface area (Å²) in [5.41, 5.74) is 1.79. The molecule has 1 N–H and O–H groups in total. The number of nitrogens with one attached hydrogen (secondary N) is 1. The lowest BCUT2D eigenvalue weighted by Gasteiger charge is -2.32. The average molecular weight is 382 g/mol. The van der Waals surface area contributed by atoms with Crippen molar-refractivity contribution in [2.45, 2.75) is 38.3 Å². The first-order chi connectivity index (χ1) is 13.7. The topological polar surface area (TPSA) is 41.6 Å². The summed E-state index contributed by atoms with van der Waals surface area (Å²) in [6.07, 6.45) is 4.39. The van der Waals surface area contributed by atoms with E-state index in [1.165, 1.54) is 25.0 Å². The van der Waals surface area contributed by atoms with Gasteiger partial charge in [0, 0.05) is 31.2 Å². The minimum Gasteiger partial charge on any atom is -0.493 e. The number of nitrogens with zero attached hydrogens (tertiary/aromatic N) is 1. The van der Waals surface area contributed by atoms with Crippen molar-refractivity contribution in [2.75, 3.05) is 19.7 Å². The van der Waals surface area contributed by atoms with Gasteiger partial charge in [-0.2, -0.15) is 0 Å². The van der Waals surface area contributed by atoms with Gasteiger partial charge in [-0.05, 0) is 73.6 Å². The fourth-order valence-corrected chi connectivity index (χ4v) is 3.55. The third kappa shape index (κ3) is 5.32. The van der Waals surface area contributed by atoms with Crippen LogP contribution in [0.25, 0.3) is 0 Å². The van der Waals surface area contributed by atoms with Gasteiger partial charge < -0.3 is 10.1 Å². The van der Waals surface area contributed by atoms with Crippen molar-refractivity contribution in [3.8, 4) is 5.75 Å². The Morgan fingerprint density at radius 2 is 1.68 bits per heavy atom. The van der Waals surface area contributed by atoms with Gasteiger partial charge in [-0.25, -0.2) is 4.39 Å². The van der Waals surface area contributed by atoms with Crippen LogP contribution in [0.2, 0.25) is 0 Å². The quantitative estimate of drug-likeness (QED) is 0.787. The third-order valence-electron chi connectivity index (χ3n) is 5.54. The summed E-state index contributed by atoms with van der Waals surface area (Å²) in [7, 11) is 0. The average Bonchev–Trinajstić information content (AvgIpc) is 3.54. The lowest BCUT2D eigenvalue weighted by Crippen LogP contribution is -2.44. The highest BCUT2D eigenvalue weighted by Gasteiger charge is 2.23. The number of piperidine rings is 1. The van der Waals surface area contributed by atoms with Gasteiger partial charge in [0.05, 0.1) is 6.61 Å². The minimum atomic E-state index is -0.201. The number of rotatable bonds is 7. The molecule has 0 bridgehead atoms. The standard InChI is InChI=1S/C23H27FN2O2/c24-20-7-3-17(4-8-20)15-26-13-11-21(12-14-26)25-23(27)19-5-9-22(10-6-19)28-16-18-1-2-18/h3-10,18,21H,1-2,11-16H2,(H,25,27). The molecule has 2 aromatic carbocycles. The predicted octanol–water partition coefficient (Wildman–Crippen LogP) is 4.01. The first kappa shape index (κ1) is 18.9. The van der Waals surface area contributed by atoms with Gasteiger partial charge in [0.25, 0.3) is 5.91 Å². The van der Waals surface area contributed by atoms with Gasteiger partial charge >= 0.3 is 0 Å². The van der Waals surface area contributed by atoms with Crippen LogP contribution < -0.4 is 10.1 Å². The van der Waals surface area contributed by atoms with E-state index in [2.05, 4.69) is 10.2 Å². The van der Waals surface area contributed by atoms with Crippen molar-refractivity contribution in [2.24, 2.45) is 5.92 Å². The van der Waals surface area contributed by atoms with E-state index < -0.39 is 0 Å². The molecule has 4 rings (SSSR count). The van der Waals surface area contributed by atoms with E-state index in [0.717, 1.165) is 56.3 Å². The predicted molar refractivity (Wildman–Crippen MR) is 107 cm³/mol. The molecule has 28 heavy (non-hydrogen) atoms. The zero-order valence-electron chi connectivity index (χ0n) is 16.1. The Morgan fingerprint density at radius 1 is 1.00 bits per heavy atom. The van der Waals surface area contributed by atoms with E-state index in [4.69, 9.17) is 4.74 Å². The van der Waals surface area contributed by atoms with Gasteiger partial charge in [-0.1, -0.05) is 12.1 Å². The molecule has 5 heteroatoms. The maximum absolute atomic E-state index is 13.0. The molecule has 0 spiro atoms. The summed E-state index contributed by atoms with van der Waals surface area (Å²) in [5, 5.41) is 3.15. The molecule has 1 amide bonds. The summed E-state index contributed by atoms with van der Waals surface area (Å²) in [5.74, 6) is 1.33. The smallest absolute Gasteiger partial charge is 0.251 e. The molecular weight excluding hydrogens is 355 g/mol. The van der Waals surface area contributed by atoms with Crippen LogP contribution in [0, 0.1) is 11.7 Å². The number of carbonyl (C=O) groups is 1. The van der Waals surface area contributed by atoms with Crippen LogP contribution in [0.1, 0.15) is 41.6 Å². The Labute approximate surface area is 165 Å². The van der Waals surface area contributed by atoms with Gasteiger partial charge in [-0.15, -0.1) is 0 Å². The second kappa shape index (κ2) is 8.74. The summed E-state index contributed by atoms with van der Waals surface area (Å²) in [6.45, 7) is 3.46. The van der Waals surface area contributed by atoms with E-state index in [9.17, 15) is 9.18 Å². The SMILES string of the molecule is O=C(NC1CCN(Cc2ccc(F)cc2)CC1)c1ccc(OCC2CC2)cc1. The van der Waals surface area contributed by atoms with Crippen LogP contribution >= 0.6 is 0 Å². The molecule has 0 atom stereocenters. The zero-order valence-corrected chi connectivity index (χ0v) is 16.1. The monoisotopic (exact) mass is 382 g/mol. The highest BCUT2D eigenvalue weighted by atomic mass is 19.1. The molecule has 0 aromatic heterocycles. The van der Waals surface area contributed by atoms with Crippen LogP contribution in [0.4, 0.5) is 4.39 Å². The number of hydrogen-bond acceptors (Lipinski definition) is 3. The van der Waals surface area contributed by atoms with Crippen molar-refractivity contribution in [1.82, 2.24) is 10.2 Å². The number of likely N-dealkylation sites (tertiary alicyclic amines) is 1. The van der Waals surface area contributed by atoms with Crippen molar-refractivity contribution in [3.05, 3.63) is 65.5 Å². The lowest BCUT2D eigenvalue weighted by atomic mass is 10.0. The van der Waals surface area contributed by atoms with E-state index in [1.807, 2.05) is 36.4 Å². The van der Waals surface area contributed by atoms with Crippen LogP contribution in [0.5, 0.6) is 5.75 Å². The summed E-state index contributed by atoms with van der Waals surface area (Å²) >= 11 is 0. The summed E-state index contributed by atoms with van der Waals surface area (Å²) in [4.78, 5) is 14.9. The molecule has 0 unspecified atom stereocenters. The Hall–Kier alpha value is -2.40. The lowest BCUT2D eigenvalue weighted by molar-refractivity contribution is 0.0909. The third-order valence-corrected chi connectivity index (χ3v) is 5.54. The zero-order chi connectivity index (χ0) is 19.3. The molecule has 1 aliphatic heterocycles. The molecule has 2 aromatic rings. The van der Waals surface area contributed by atoms with E-state index in [1.54, 1.807) is 0 Å². The molecule has 0 radical (unpaired) electrons. The normalized spacial score (nSPS) is 18.0. The second-order valence-electron chi connectivity index (χ2n) is 7.93. The van der Waals surface area contributed by atoms with E-state index >= 15 is 0 Å². The first-order valence-corrected chi connectivity index (χ1v) is 10.2. The van der Waals surface area contributed by atoms with Crippen LogP contribution in [0.15, 0.2) is 48.5 Å². The summed E-state index contributed by atoms with van der Waals surface area (Å²) in [6, 6.07) is 14.3. The number of halogens is 1. The van der Waals surface area contributed by atoms with Crippen LogP contribution in [-0.4, -0.2) is 36.5 Å². The van der Waals surface area contributed by atoms with Gasteiger partial charge in [-0.3, -0.25) is 9.69 Å². The molecular formula is C23H27FN2O2. The Bertz CT molecular complexity index is 779. The molecule has 1 saturated heterocycles. The fraction of sp³-hybridized carbons (Fsp3) is 0.435. The Morgan fingerprint density at radius 3 is 2.32 bits per heavy atom. The van der Waals surface area contributed by atoms with Gasteiger partial charge in [0.2, 0.25) is 0 Å². The highest BCUT2D eigenvalue weighted by molar-refractivity contribution is 5.94. The summed E-state index contributed by atoms with van der Waals surface area (Å²) < 4.78 is 18.7. The first-order valence-electron chi connectivity index (χ1n) is 10.2. The molecule has 1 heterocycles. The number of hydrogen-bond donors (Lipinski definition) is 1. The maximum Gasteiger partial charge on any atom is 0.251 e. The highest BCUT2D eigenvalue weighted by Crippen LogP contribution is 2.29. The molecule has 4 nitrogen and oxygen atoms in total. The molecule has 2 fully saturated rings. The number of benzene rings is 2. The number of amides is 1. The van der Waals surface area contributed by atoms with Gasteiger partial charge in [0.1, 0.15) is 11.6 Å². The molecule has 1 aliphatic carbocycles. The van der Waals surface area contributed by atoms with Gasteiger partial charge in [0.15, 0.2) is 0 Å². The van der Waals surface area contributed by atoms with E-state index in [0.29, 0.717) is 5.56 Å². The van der Waals surface area contributed by atoms with Crippen LogP contribution in [0.3, 0.4) is 0 Å². The largest absolute Gasteiger partial charge is 0.493 e. The van der Waals surface area contributed by atoms with Crippen molar-refractivity contribution >= 4 is 5.91 Å².